The maximum atomic E-state index is 13.1. The molecular formula is C22H18FN3O2. The molecule has 0 bridgehead atoms. The quantitative estimate of drug-likeness (QED) is 0.419. The molecule has 2 heterocycles. The van der Waals surface area contributed by atoms with E-state index in [4.69, 9.17) is 0 Å². The fourth-order valence-electron chi connectivity index (χ4n) is 3.09. The lowest BCUT2D eigenvalue weighted by atomic mass is 10.2. The zero-order chi connectivity index (χ0) is 19.5. The maximum Gasteiger partial charge on any atom is 0.296 e. The van der Waals surface area contributed by atoms with Crippen LogP contribution in [0.15, 0.2) is 79.1 Å². The van der Waals surface area contributed by atoms with Gasteiger partial charge in [-0.15, -0.1) is 0 Å². The SMILES string of the molecule is O=C(c1cc2ccn(Cc3ccc(F)cc3)c2cn1)N(O)Cc1ccccc1. The molecular weight excluding hydrogens is 357 g/mol. The molecule has 2 aromatic heterocycles. The Hall–Kier alpha value is -3.51. The smallest absolute Gasteiger partial charge is 0.296 e. The molecule has 4 rings (SSSR count). The Morgan fingerprint density at radius 3 is 2.54 bits per heavy atom. The topological polar surface area (TPSA) is 58.4 Å². The van der Waals surface area contributed by atoms with Crippen LogP contribution in [0.2, 0.25) is 0 Å². The Morgan fingerprint density at radius 1 is 1.04 bits per heavy atom. The average molecular weight is 375 g/mol. The van der Waals surface area contributed by atoms with Crippen LogP contribution in [0.25, 0.3) is 10.9 Å². The second-order valence-corrected chi connectivity index (χ2v) is 6.55. The summed E-state index contributed by atoms with van der Waals surface area (Å²) in [6, 6.07) is 19.1. The van der Waals surface area contributed by atoms with Crippen molar-refractivity contribution in [2.75, 3.05) is 0 Å². The highest BCUT2D eigenvalue weighted by molar-refractivity contribution is 5.95. The molecule has 0 aliphatic heterocycles. The van der Waals surface area contributed by atoms with Crippen molar-refractivity contribution in [2.45, 2.75) is 13.1 Å². The second kappa shape index (κ2) is 7.62. The Bertz CT molecular complexity index is 1110. The number of hydrogen-bond donors (Lipinski definition) is 1. The van der Waals surface area contributed by atoms with E-state index in [2.05, 4.69) is 4.98 Å². The van der Waals surface area contributed by atoms with E-state index in [9.17, 15) is 14.4 Å². The van der Waals surface area contributed by atoms with Gasteiger partial charge in [0.25, 0.3) is 5.91 Å². The number of rotatable bonds is 5. The number of halogens is 1. The molecule has 0 aliphatic carbocycles. The summed E-state index contributed by atoms with van der Waals surface area (Å²) in [5, 5.41) is 11.6. The molecule has 4 aromatic rings. The Morgan fingerprint density at radius 2 is 1.79 bits per heavy atom. The highest BCUT2D eigenvalue weighted by Crippen LogP contribution is 2.19. The molecule has 0 aliphatic rings. The standard InChI is InChI=1S/C22H18FN3O2/c23-19-8-6-17(7-9-19)14-25-11-10-18-12-20(24-13-21(18)25)22(27)26(28)15-16-4-2-1-3-5-16/h1-13,28H,14-15H2. The largest absolute Gasteiger partial charge is 0.342 e. The lowest BCUT2D eigenvalue weighted by Crippen LogP contribution is -2.27. The van der Waals surface area contributed by atoms with Crippen molar-refractivity contribution in [3.8, 4) is 0 Å². The number of hydrogen-bond acceptors (Lipinski definition) is 3. The lowest BCUT2D eigenvalue weighted by Gasteiger charge is -2.14. The Labute approximate surface area is 161 Å². The number of pyridine rings is 1. The van der Waals surface area contributed by atoms with E-state index in [1.54, 1.807) is 24.4 Å². The average Bonchev–Trinajstić information content (AvgIpc) is 3.12. The third-order valence-corrected chi connectivity index (χ3v) is 4.55. The summed E-state index contributed by atoms with van der Waals surface area (Å²) in [4.78, 5) is 16.7. The summed E-state index contributed by atoms with van der Waals surface area (Å²) in [6.45, 7) is 0.657. The first kappa shape index (κ1) is 17.9. The molecule has 28 heavy (non-hydrogen) atoms. The highest BCUT2D eigenvalue weighted by atomic mass is 19.1. The predicted octanol–water partition coefficient (Wildman–Crippen LogP) is 4.26. The minimum Gasteiger partial charge on any atom is -0.342 e. The summed E-state index contributed by atoms with van der Waals surface area (Å²) in [7, 11) is 0. The van der Waals surface area contributed by atoms with Gasteiger partial charge in [0.2, 0.25) is 0 Å². The van der Waals surface area contributed by atoms with E-state index in [0.29, 0.717) is 11.6 Å². The Balaban J connectivity index is 1.53. The van der Waals surface area contributed by atoms with Crippen LogP contribution in [0.4, 0.5) is 4.39 Å². The monoisotopic (exact) mass is 375 g/mol. The van der Waals surface area contributed by atoms with E-state index < -0.39 is 5.91 Å². The van der Waals surface area contributed by atoms with E-state index >= 15 is 0 Å². The van der Waals surface area contributed by atoms with Crippen molar-refractivity contribution >= 4 is 16.8 Å². The third-order valence-electron chi connectivity index (χ3n) is 4.55. The first-order valence-corrected chi connectivity index (χ1v) is 8.84. The van der Waals surface area contributed by atoms with Gasteiger partial charge in [-0.3, -0.25) is 10.0 Å². The van der Waals surface area contributed by atoms with Gasteiger partial charge >= 0.3 is 0 Å². The predicted molar refractivity (Wildman–Crippen MR) is 103 cm³/mol. The molecule has 5 nitrogen and oxygen atoms in total. The van der Waals surface area contributed by atoms with Crippen LogP contribution in [0.1, 0.15) is 21.6 Å². The van der Waals surface area contributed by atoms with Crippen LogP contribution in [-0.4, -0.2) is 25.7 Å². The summed E-state index contributed by atoms with van der Waals surface area (Å²) < 4.78 is 15.0. The fraction of sp³-hybridized carbons (Fsp3) is 0.0909. The summed E-state index contributed by atoms with van der Waals surface area (Å²) in [5.74, 6) is -0.827. The fourth-order valence-corrected chi connectivity index (χ4v) is 3.09. The lowest BCUT2D eigenvalue weighted by molar-refractivity contribution is -0.0652. The van der Waals surface area contributed by atoms with Gasteiger partial charge in [0.1, 0.15) is 11.5 Å². The van der Waals surface area contributed by atoms with Gasteiger partial charge in [0, 0.05) is 18.1 Å². The van der Waals surface area contributed by atoms with Crippen LogP contribution in [0, 0.1) is 5.82 Å². The third kappa shape index (κ3) is 3.77. The first-order valence-electron chi connectivity index (χ1n) is 8.84. The molecule has 0 saturated heterocycles. The number of hydroxylamine groups is 2. The Kier molecular flexibility index (Phi) is 4.87. The molecule has 0 saturated carbocycles. The maximum absolute atomic E-state index is 13.1. The molecule has 0 atom stereocenters. The van der Waals surface area contributed by atoms with Gasteiger partial charge < -0.3 is 4.57 Å². The zero-order valence-corrected chi connectivity index (χ0v) is 15.0. The number of carbonyl (C=O) groups excluding carboxylic acids is 1. The van der Waals surface area contributed by atoms with Gasteiger partial charge in [-0.25, -0.2) is 14.4 Å². The summed E-state index contributed by atoms with van der Waals surface area (Å²) in [6.07, 6.45) is 3.51. The van der Waals surface area contributed by atoms with E-state index in [0.717, 1.165) is 22.0 Å². The van der Waals surface area contributed by atoms with Crippen LogP contribution in [0.5, 0.6) is 0 Å². The minimum atomic E-state index is -0.558. The molecule has 0 radical (unpaired) electrons. The summed E-state index contributed by atoms with van der Waals surface area (Å²) >= 11 is 0. The van der Waals surface area contributed by atoms with Gasteiger partial charge in [-0.05, 0) is 35.4 Å². The minimum absolute atomic E-state index is 0.0883. The highest BCUT2D eigenvalue weighted by Gasteiger charge is 2.16. The molecule has 1 amide bonds. The van der Waals surface area contributed by atoms with Crippen molar-refractivity contribution in [2.24, 2.45) is 0 Å². The van der Waals surface area contributed by atoms with Crippen molar-refractivity contribution in [1.29, 1.82) is 0 Å². The van der Waals surface area contributed by atoms with Crippen molar-refractivity contribution < 1.29 is 14.4 Å². The molecule has 140 valence electrons. The van der Waals surface area contributed by atoms with Gasteiger partial charge in [-0.1, -0.05) is 42.5 Å². The molecule has 0 fully saturated rings. The molecule has 1 N–H and O–H groups in total. The first-order chi connectivity index (χ1) is 13.6. The number of nitrogens with zero attached hydrogens (tertiary/aromatic N) is 3. The van der Waals surface area contributed by atoms with Gasteiger partial charge in [0.05, 0.1) is 18.3 Å². The van der Waals surface area contributed by atoms with E-state index in [-0.39, 0.29) is 18.1 Å². The molecule has 6 heteroatoms. The zero-order valence-electron chi connectivity index (χ0n) is 15.0. The van der Waals surface area contributed by atoms with E-state index in [1.165, 1.54) is 12.1 Å². The van der Waals surface area contributed by atoms with Crippen molar-refractivity contribution in [3.05, 3.63) is 102 Å². The summed E-state index contributed by atoms with van der Waals surface area (Å²) in [5.41, 5.74) is 2.81. The van der Waals surface area contributed by atoms with Gasteiger partial charge in [-0.2, -0.15) is 0 Å². The number of aromatic nitrogens is 2. The van der Waals surface area contributed by atoms with Crippen LogP contribution >= 0.6 is 0 Å². The number of carbonyl (C=O) groups is 1. The van der Waals surface area contributed by atoms with Crippen molar-refractivity contribution in [3.63, 3.8) is 0 Å². The molecule has 0 spiro atoms. The second-order valence-electron chi connectivity index (χ2n) is 6.55. The number of amides is 1. The van der Waals surface area contributed by atoms with Gasteiger partial charge in [0.15, 0.2) is 0 Å². The van der Waals surface area contributed by atoms with Crippen molar-refractivity contribution in [1.82, 2.24) is 14.6 Å². The number of fused-ring (bicyclic) bond motifs is 1. The van der Waals surface area contributed by atoms with Crippen LogP contribution in [-0.2, 0) is 13.1 Å². The molecule has 2 aromatic carbocycles. The normalized spacial score (nSPS) is 10.9. The number of benzene rings is 2. The van der Waals surface area contributed by atoms with E-state index in [1.807, 2.05) is 47.2 Å². The van der Waals surface area contributed by atoms with Crippen LogP contribution in [0.3, 0.4) is 0 Å². The molecule has 0 unspecified atom stereocenters. The van der Waals surface area contributed by atoms with Crippen LogP contribution < -0.4 is 0 Å².